The molecule has 0 radical (unpaired) electrons. The fourth-order valence-corrected chi connectivity index (χ4v) is 1.76. The van der Waals surface area contributed by atoms with Crippen molar-refractivity contribution in [1.82, 2.24) is 0 Å². The summed E-state index contributed by atoms with van der Waals surface area (Å²) in [4.78, 5) is 12.0. The quantitative estimate of drug-likeness (QED) is 0.755. The average molecular weight is 255 g/mol. The Bertz CT molecular complexity index is 544. The van der Waals surface area contributed by atoms with Crippen LogP contribution in [-0.4, -0.2) is 5.78 Å². The van der Waals surface area contributed by atoms with Crippen LogP contribution in [0.15, 0.2) is 34.9 Å². The first-order valence-electron chi connectivity index (χ1n) is 4.63. The van der Waals surface area contributed by atoms with Crippen molar-refractivity contribution < 1.29 is 9.21 Å². The van der Waals surface area contributed by atoms with Gasteiger partial charge >= 0.3 is 0 Å². The molecule has 2 aromatic rings. The van der Waals surface area contributed by atoms with Gasteiger partial charge in [0.1, 0.15) is 12.0 Å². The van der Waals surface area contributed by atoms with Gasteiger partial charge in [-0.3, -0.25) is 4.79 Å². The Hall–Kier alpha value is -1.25. The van der Waals surface area contributed by atoms with Gasteiger partial charge in [0.2, 0.25) is 0 Å². The average Bonchev–Trinajstić information content (AvgIpc) is 2.67. The fraction of sp³-hybridized carbons (Fsp3) is 0.0833. The molecule has 0 aliphatic heterocycles. The summed E-state index contributed by atoms with van der Waals surface area (Å²) in [6, 6.07) is 6.46. The molecule has 2 nitrogen and oxygen atoms in total. The molecule has 0 aliphatic carbocycles. The molecule has 82 valence electrons. The molecule has 2 rings (SSSR count). The molecule has 0 spiro atoms. The lowest BCUT2D eigenvalue weighted by atomic mass is 10.1. The van der Waals surface area contributed by atoms with E-state index in [2.05, 4.69) is 0 Å². The maximum atomic E-state index is 12.0. The van der Waals surface area contributed by atoms with Crippen LogP contribution < -0.4 is 0 Å². The maximum absolute atomic E-state index is 12.0. The Morgan fingerprint density at radius 3 is 2.62 bits per heavy atom. The first kappa shape index (κ1) is 11.2. The van der Waals surface area contributed by atoms with Gasteiger partial charge in [-0.05, 0) is 31.2 Å². The van der Waals surface area contributed by atoms with Crippen molar-refractivity contribution in [2.45, 2.75) is 6.92 Å². The molecule has 4 heteroatoms. The van der Waals surface area contributed by atoms with Crippen LogP contribution in [0.4, 0.5) is 0 Å². The van der Waals surface area contributed by atoms with E-state index in [-0.39, 0.29) is 5.78 Å². The van der Waals surface area contributed by atoms with Crippen LogP contribution in [0.1, 0.15) is 21.7 Å². The molecule has 1 heterocycles. The number of carbonyl (C=O) groups is 1. The summed E-state index contributed by atoms with van der Waals surface area (Å²) in [7, 11) is 0. The van der Waals surface area contributed by atoms with E-state index in [1.807, 2.05) is 0 Å². The van der Waals surface area contributed by atoms with Crippen LogP contribution >= 0.6 is 23.2 Å². The normalized spacial score (nSPS) is 10.4. The number of ketones is 1. The zero-order valence-electron chi connectivity index (χ0n) is 8.46. The predicted octanol–water partition coefficient (Wildman–Crippen LogP) is 4.13. The number of furan rings is 1. The van der Waals surface area contributed by atoms with E-state index in [0.29, 0.717) is 26.9 Å². The Balaban J connectivity index is 2.45. The highest BCUT2D eigenvalue weighted by atomic mass is 35.5. The van der Waals surface area contributed by atoms with E-state index in [0.717, 1.165) is 0 Å². The second-order valence-electron chi connectivity index (χ2n) is 3.40. The van der Waals surface area contributed by atoms with Crippen LogP contribution in [0.3, 0.4) is 0 Å². The molecule has 0 saturated heterocycles. The van der Waals surface area contributed by atoms with E-state index in [9.17, 15) is 4.79 Å². The van der Waals surface area contributed by atoms with Crippen molar-refractivity contribution in [3.63, 3.8) is 0 Å². The fourth-order valence-electron chi connectivity index (χ4n) is 1.39. The molecule has 1 aromatic heterocycles. The summed E-state index contributed by atoms with van der Waals surface area (Å²) in [6.45, 7) is 1.77. The van der Waals surface area contributed by atoms with Gasteiger partial charge in [0.25, 0.3) is 0 Å². The van der Waals surface area contributed by atoms with Crippen LogP contribution in [0.25, 0.3) is 0 Å². The molecule has 0 aliphatic rings. The largest absolute Gasteiger partial charge is 0.469 e. The number of rotatable bonds is 2. The molecule has 1 aromatic carbocycles. The summed E-state index contributed by atoms with van der Waals surface area (Å²) < 4.78 is 5.08. The van der Waals surface area contributed by atoms with Gasteiger partial charge in [-0.15, -0.1) is 0 Å². The zero-order chi connectivity index (χ0) is 11.7. The third kappa shape index (κ3) is 2.13. The lowest BCUT2D eigenvalue weighted by Crippen LogP contribution is -2.00. The molecule has 0 saturated carbocycles. The molecule has 0 amide bonds. The van der Waals surface area contributed by atoms with Crippen molar-refractivity contribution in [3.8, 4) is 0 Å². The molecule has 0 bridgehead atoms. The highest BCUT2D eigenvalue weighted by Gasteiger charge is 2.15. The van der Waals surface area contributed by atoms with Gasteiger partial charge in [0.15, 0.2) is 5.78 Å². The van der Waals surface area contributed by atoms with E-state index in [1.165, 1.54) is 6.26 Å². The maximum Gasteiger partial charge on any atom is 0.197 e. The number of hydrogen-bond acceptors (Lipinski definition) is 2. The van der Waals surface area contributed by atoms with Crippen LogP contribution in [-0.2, 0) is 0 Å². The molecular weight excluding hydrogens is 247 g/mol. The van der Waals surface area contributed by atoms with Crippen molar-refractivity contribution in [2.24, 2.45) is 0 Å². The lowest BCUT2D eigenvalue weighted by Gasteiger charge is -2.01. The van der Waals surface area contributed by atoms with E-state index in [4.69, 9.17) is 27.6 Å². The zero-order valence-corrected chi connectivity index (χ0v) is 9.97. The first-order valence-corrected chi connectivity index (χ1v) is 5.38. The molecule has 0 fully saturated rings. The molecule has 0 atom stereocenters. The first-order chi connectivity index (χ1) is 7.58. The van der Waals surface area contributed by atoms with E-state index < -0.39 is 0 Å². The third-order valence-electron chi connectivity index (χ3n) is 2.17. The summed E-state index contributed by atoms with van der Waals surface area (Å²) in [5.41, 5.74) is 0.858. The molecule has 0 unspecified atom stereocenters. The number of benzene rings is 1. The van der Waals surface area contributed by atoms with Crippen molar-refractivity contribution in [2.75, 3.05) is 0 Å². The molecule has 0 N–H and O–H groups in total. The van der Waals surface area contributed by atoms with Crippen LogP contribution in [0.5, 0.6) is 0 Å². The SMILES string of the molecule is Cc1cc(C(=O)c2cc(Cl)ccc2Cl)co1. The van der Waals surface area contributed by atoms with Gasteiger partial charge in [-0.1, -0.05) is 23.2 Å². The van der Waals surface area contributed by atoms with E-state index >= 15 is 0 Å². The highest BCUT2D eigenvalue weighted by Crippen LogP contribution is 2.23. The van der Waals surface area contributed by atoms with Crippen molar-refractivity contribution >= 4 is 29.0 Å². The summed E-state index contributed by atoms with van der Waals surface area (Å²) in [5, 5.41) is 0.862. The monoisotopic (exact) mass is 254 g/mol. The standard InChI is InChI=1S/C12H8Cl2O2/c1-7-4-8(6-16-7)12(15)10-5-9(13)2-3-11(10)14/h2-6H,1H3. The van der Waals surface area contributed by atoms with Gasteiger partial charge < -0.3 is 4.42 Å². The highest BCUT2D eigenvalue weighted by molar-refractivity contribution is 6.36. The minimum Gasteiger partial charge on any atom is -0.469 e. The minimum absolute atomic E-state index is 0.190. The second-order valence-corrected chi connectivity index (χ2v) is 4.24. The molecule has 16 heavy (non-hydrogen) atoms. The summed E-state index contributed by atoms with van der Waals surface area (Å²) in [5.74, 6) is 0.492. The van der Waals surface area contributed by atoms with Gasteiger partial charge in [0.05, 0.1) is 10.6 Å². The second kappa shape index (κ2) is 4.32. The van der Waals surface area contributed by atoms with Gasteiger partial charge in [0, 0.05) is 10.6 Å². The smallest absolute Gasteiger partial charge is 0.197 e. The Morgan fingerprint density at radius 2 is 2.00 bits per heavy atom. The van der Waals surface area contributed by atoms with Crippen molar-refractivity contribution in [1.29, 1.82) is 0 Å². The van der Waals surface area contributed by atoms with Gasteiger partial charge in [-0.2, -0.15) is 0 Å². The van der Waals surface area contributed by atoms with Crippen LogP contribution in [0, 0.1) is 6.92 Å². The Morgan fingerprint density at radius 1 is 1.25 bits per heavy atom. The number of halogens is 2. The minimum atomic E-state index is -0.190. The number of carbonyl (C=O) groups excluding carboxylic acids is 1. The van der Waals surface area contributed by atoms with E-state index in [1.54, 1.807) is 31.2 Å². The predicted molar refractivity (Wildman–Crippen MR) is 63.3 cm³/mol. The third-order valence-corrected chi connectivity index (χ3v) is 2.73. The number of hydrogen-bond donors (Lipinski definition) is 0. The summed E-state index contributed by atoms with van der Waals surface area (Å²) in [6.07, 6.45) is 1.41. The number of aryl methyl sites for hydroxylation is 1. The van der Waals surface area contributed by atoms with Gasteiger partial charge in [-0.25, -0.2) is 0 Å². The summed E-state index contributed by atoms with van der Waals surface area (Å²) >= 11 is 11.8. The van der Waals surface area contributed by atoms with Crippen LogP contribution in [0.2, 0.25) is 10.0 Å². The van der Waals surface area contributed by atoms with Crippen molar-refractivity contribution in [3.05, 3.63) is 57.5 Å². The lowest BCUT2D eigenvalue weighted by molar-refractivity contribution is 0.103. The Kier molecular flexibility index (Phi) is 3.03. The molecular formula is C12H8Cl2O2. The topological polar surface area (TPSA) is 30.2 Å². The Labute approximate surface area is 103 Å².